The largest absolute Gasteiger partial charge is 0.387 e. The van der Waals surface area contributed by atoms with Gasteiger partial charge in [0.15, 0.2) is 0 Å². The second kappa shape index (κ2) is 6.65. The van der Waals surface area contributed by atoms with E-state index in [0.717, 1.165) is 0 Å². The van der Waals surface area contributed by atoms with Gasteiger partial charge in [-0.05, 0) is 21.0 Å². The van der Waals surface area contributed by atoms with Gasteiger partial charge in [0.1, 0.15) is 0 Å². The fourth-order valence-corrected chi connectivity index (χ4v) is 2.99. The highest BCUT2D eigenvalue weighted by Gasteiger charge is 2.26. The molecule has 0 amide bonds. The molecule has 0 aromatic heterocycles. The van der Waals surface area contributed by atoms with Crippen molar-refractivity contribution in [3.63, 3.8) is 0 Å². The number of hydrogen-bond donors (Lipinski definition) is 2. The van der Waals surface area contributed by atoms with Gasteiger partial charge in [-0.15, -0.1) is 0 Å². The lowest BCUT2D eigenvalue weighted by molar-refractivity contribution is 0.0382. The third-order valence-corrected chi connectivity index (χ3v) is 4.04. The van der Waals surface area contributed by atoms with E-state index in [2.05, 4.69) is 4.72 Å². The van der Waals surface area contributed by atoms with E-state index in [0.29, 0.717) is 19.6 Å². The van der Waals surface area contributed by atoms with Gasteiger partial charge in [0.2, 0.25) is 0 Å². The van der Waals surface area contributed by atoms with Crippen LogP contribution < -0.4 is 4.72 Å². The Balaban J connectivity index is 4.45. The van der Waals surface area contributed by atoms with Crippen molar-refractivity contribution < 1.29 is 13.5 Å². The lowest BCUT2D eigenvalue weighted by Crippen LogP contribution is -2.50. The van der Waals surface area contributed by atoms with E-state index in [1.54, 1.807) is 20.8 Å². The second-order valence-corrected chi connectivity index (χ2v) is 6.40. The maximum atomic E-state index is 11.8. The standard InChI is InChI=1S/C10H25N3O3S/c1-6-13(7-2)17(15,16)11-8-10(3,14)9-12(4)5/h11,14H,6-9H2,1-5H3. The van der Waals surface area contributed by atoms with Crippen molar-refractivity contribution in [2.24, 2.45) is 0 Å². The van der Waals surface area contributed by atoms with Crippen molar-refractivity contribution in [3.05, 3.63) is 0 Å². The molecule has 104 valence electrons. The maximum absolute atomic E-state index is 11.8. The van der Waals surface area contributed by atoms with Crippen LogP contribution in [0.5, 0.6) is 0 Å². The summed E-state index contributed by atoms with van der Waals surface area (Å²) in [5.74, 6) is 0. The summed E-state index contributed by atoms with van der Waals surface area (Å²) < 4.78 is 27.4. The summed E-state index contributed by atoms with van der Waals surface area (Å²) in [6.45, 7) is 6.40. The molecule has 0 aromatic rings. The van der Waals surface area contributed by atoms with E-state index in [-0.39, 0.29) is 6.54 Å². The van der Waals surface area contributed by atoms with Crippen LogP contribution in [0.2, 0.25) is 0 Å². The topological polar surface area (TPSA) is 72.9 Å². The van der Waals surface area contributed by atoms with Gasteiger partial charge in [0, 0.05) is 26.2 Å². The van der Waals surface area contributed by atoms with Crippen molar-refractivity contribution in [2.75, 3.05) is 40.3 Å². The van der Waals surface area contributed by atoms with Gasteiger partial charge in [0.25, 0.3) is 10.2 Å². The van der Waals surface area contributed by atoms with Gasteiger partial charge in [-0.25, -0.2) is 0 Å². The van der Waals surface area contributed by atoms with Crippen LogP contribution in [-0.4, -0.2) is 68.6 Å². The van der Waals surface area contributed by atoms with Crippen LogP contribution in [0.4, 0.5) is 0 Å². The molecular formula is C10H25N3O3S. The molecule has 0 radical (unpaired) electrons. The van der Waals surface area contributed by atoms with Gasteiger partial charge in [-0.3, -0.25) is 0 Å². The van der Waals surface area contributed by atoms with E-state index in [1.807, 2.05) is 19.0 Å². The van der Waals surface area contributed by atoms with Crippen molar-refractivity contribution in [2.45, 2.75) is 26.4 Å². The molecule has 0 heterocycles. The summed E-state index contributed by atoms with van der Waals surface area (Å²) in [5.41, 5.74) is -1.08. The molecule has 1 unspecified atom stereocenters. The molecule has 0 aliphatic carbocycles. The quantitative estimate of drug-likeness (QED) is 0.620. The van der Waals surface area contributed by atoms with Crippen molar-refractivity contribution in [3.8, 4) is 0 Å². The molecule has 0 aliphatic heterocycles. The van der Waals surface area contributed by atoms with Crippen LogP contribution in [0.1, 0.15) is 20.8 Å². The molecular weight excluding hydrogens is 242 g/mol. The predicted octanol–water partition coefficient (Wildman–Crippen LogP) is -0.525. The summed E-state index contributed by atoms with van der Waals surface area (Å²) in [4.78, 5) is 1.81. The van der Waals surface area contributed by atoms with Crippen molar-refractivity contribution in [1.29, 1.82) is 0 Å². The number of nitrogens with zero attached hydrogens (tertiary/aromatic N) is 2. The number of likely N-dealkylation sites (N-methyl/N-ethyl adjacent to an activating group) is 1. The smallest absolute Gasteiger partial charge is 0.279 e. The first-order valence-electron chi connectivity index (χ1n) is 5.76. The van der Waals surface area contributed by atoms with Gasteiger partial charge >= 0.3 is 0 Å². The lowest BCUT2D eigenvalue weighted by Gasteiger charge is -2.28. The number of hydrogen-bond acceptors (Lipinski definition) is 4. The average molecular weight is 267 g/mol. The number of nitrogens with one attached hydrogen (secondary N) is 1. The van der Waals surface area contributed by atoms with Crippen LogP contribution in [-0.2, 0) is 10.2 Å². The van der Waals surface area contributed by atoms with Gasteiger partial charge < -0.3 is 10.0 Å². The summed E-state index contributed by atoms with van der Waals surface area (Å²) in [5, 5.41) is 9.99. The van der Waals surface area contributed by atoms with Crippen LogP contribution in [0, 0.1) is 0 Å². The maximum Gasteiger partial charge on any atom is 0.279 e. The second-order valence-electron chi connectivity index (χ2n) is 4.65. The van der Waals surface area contributed by atoms with Crippen LogP contribution >= 0.6 is 0 Å². The average Bonchev–Trinajstić information content (AvgIpc) is 2.15. The van der Waals surface area contributed by atoms with E-state index in [9.17, 15) is 13.5 Å². The number of rotatable bonds is 8. The first kappa shape index (κ1) is 16.8. The van der Waals surface area contributed by atoms with E-state index >= 15 is 0 Å². The molecule has 2 N–H and O–H groups in total. The molecule has 0 bridgehead atoms. The summed E-state index contributed by atoms with van der Waals surface area (Å²) in [6, 6.07) is 0. The Kier molecular flexibility index (Phi) is 6.57. The molecule has 0 rings (SSSR count). The monoisotopic (exact) mass is 267 g/mol. The Morgan fingerprint density at radius 1 is 1.24 bits per heavy atom. The zero-order valence-corrected chi connectivity index (χ0v) is 12.2. The fraction of sp³-hybridized carbons (Fsp3) is 1.00. The van der Waals surface area contributed by atoms with E-state index in [1.165, 1.54) is 4.31 Å². The molecule has 6 nitrogen and oxygen atoms in total. The molecule has 0 saturated heterocycles. The highest BCUT2D eigenvalue weighted by Crippen LogP contribution is 2.05. The van der Waals surface area contributed by atoms with E-state index < -0.39 is 15.8 Å². The summed E-state index contributed by atoms with van der Waals surface area (Å²) in [6.07, 6.45) is 0. The lowest BCUT2D eigenvalue weighted by atomic mass is 10.1. The third kappa shape index (κ3) is 6.32. The molecule has 0 saturated carbocycles. The molecule has 7 heteroatoms. The minimum Gasteiger partial charge on any atom is -0.387 e. The molecule has 0 aromatic carbocycles. The molecule has 0 fully saturated rings. The fourth-order valence-electron chi connectivity index (χ4n) is 1.64. The third-order valence-electron chi connectivity index (χ3n) is 2.34. The Morgan fingerprint density at radius 3 is 2.06 bits per heavy atom. The highest BCUT2D eigenvalue weighted by atomic mass is 32.2. The van der Waals surface area contributed by atoms with Crippen molar-refractivity contribution >= 4 is 10.2 Å². The van der Waals surface area contributed by atoms with Gasteiger partial charge in [-0.2, -0.15) is 17.4 Å². The van der Waals surface area contributed by atoms with Crippen LogP contribution in [0.25, 0.3) is 0 Å². The van der Waals surface area contributed by atoms with Crippen LogP contribution in [0.15, 0.2) is 0 Å². The van der Waals surface area contributed by atoms with Gasteiger partial charge in [-0.1, -0.05) is 13.8 Å². The minimum atomic E-state index is -3.49. The normalized spacial score (nSPS) is 16.5. The SMILES string of the molecule is CCN(CC)S(=O)(=O)NCC(C)(O)CN(C)C. The van der Waals surface area contributed by atoms with Gasteiger partial charge in [0.05, 0.1) is 5.60 Å². The van der Waals surface area contributed by atoms with Crippen molar-refractivity contribution in [1.82, 2.24) is 13.9 Å². The molecule has 0 aliphatic rings. The summed E-state index contributed by atoms with van der Waals surface area (Å²) in [7, 11) is 0.167. The molecule has 1 atom stereocenters. The minimum absolute atomic E-state index is 0.00398. The Morgan fingerprint density at radius 2 is 1.71 bits per heavy atom. The van der Waals surface area contributed by atoms with E-state index in [4.69, 9.17) is 0 Å². The Labute approximate surface area is 105 Å². The zero-order chi connectivity index (χ0) is 13.7. The molecule has 17 heavy (non-hydrogen) atoms. The first-order chi connectivity index (χ1) is 7.64. The first-order valence-corrected chi connectivity index (χ1v) is 7.20. The highest BCUT2D eigenvalue weighted by molar-refractivity contribution is 7.87. The predicted molar refractivity (Wildman–Crippen MR) is 69.0 cm³/mol. The Hall–Kier alpha value is -0.210. The zero-order valence-electron chi connectivity index (χ0n) is 11.4. The molecule has 0 spiro atoms. The summed E-state index contributed by atoms with van der Waals surface area (Å²) >= 11 is 0. The Bertz CT molecular complexity index is 311. The number of aliphatic hydroxyl groups is 1. The van der Waals surface area contributed by atoms with Crippen LogP contribution in [0.3, 0.4) is 0 Å².